The first-order valence-electron chi connectivity index (χ1n) is 8.69. The lowest BCUT2D eigenvalue weighted by Crippen LogP contribution is -2.12. The van der Waals surface area contributed by atoms with Crippen LogP contribution in [0.5, 0.6) is 5.75 Å². The number of thiazole rings is 1. The van der Waals surface area contributed by atoms with E-state index in [0.717, 1.165) is 26.8 Å². The second-order valence-electron chi connectivity index (χ2n) is 6.24. The lowest BCUT2D eigenvalue weighted by molar-refractivity contribution is 0.475. The molecule has 0 bridgehead atoms. The minimum absolute atomic E-state index is 0.216. The summed E-state index contributed by atoms with van der Waals surface area (Å²) in [6.07, 6.45) is 1.71. The zero-order valence-electron chi connectivity index (χ0n) is 14.9. The van der Waals surface area contributed by atoms with Gasteiger partial charge < -0.3 is 5.11 Å². The van der Waals surface area contributed by atoms with Gasteiger partial charge in [0.2, 0.25) is 4.80 Å². The summed E-state index contributed by atoms with van der Waals surface area (Å²) in [5, 5.41) is 19.0. The van der Waals surface area contributed by atoms with E-state index in [-0.39, 0.29) is 5.75 Å². The Morgan fingerprint density at radius 1 is 1.00 bits per heavy atom. The predicted molar refractivity (Wildman–Crippen MR) is 111 cm³/mol. The summed E-state index contributed by atoms with van der Waals surface area (Å²) in [6, 6.07) is 21.7. The van der Waals surface area contributed by atoms with Crippen LogP contribution >= 0.6 is 11.3 Å². The standard InChI is InChI=1S/C22H19N3OS/c1-16-15-27-22(23-13-17-7-3-2-4-8-17)25(16)24-14-20-19-10-6-5-9-18(19)11-12-21(20)26/h2-12,14-15,26H,13H2,1H3. The minimum atomic E-state index is 0.216. The Morgan fingerprint density at radius 3 is 2.63 bits per heavy atom. The average Bonchev–Trinajstić information content (AvgIpc) is 3.06. The fourth-order valence-corrected chi connectivity index (χ4v) is 3.72. The monoisotopic (exact) mass is 373 g/mol. The van der Waals surface area contributed by atoms with Crippen LogP contribution in [0.15, 0.2) is 82.2 Å². The SMILES string of the molecule is Cc1csc(=NCc2ccccc2)n1N=Cc1c(O)ccc2ccccc12. The quantitative estimate of drug-likeness (QED) is 0.518. The van der Waals surface area contributed by atoms with Crippen molar-refractivity contribution in [2.75, 3.05) is 0 Å². The van der Waals surface area contributed by atoms with Crippen LogP contribution in [0, 0.1) is 6.92 Å². The van der Waals surface area contributed by atoms with E-state index in [1.165, 1.54) is 0 Å². The van der Waals surface area contributed by atoms with Crippen LogP contribution in [0.2, 0.25) is 0 Å². The third-order valence-electron chi connectivity index (χ3n) is 4.34. The van der Waals surface area contributed by atoms with Crippen LogP contribution in [0.4, 0.5) is 0 Å². The molecule has 1 N–H and O–H groups in total. The molecular weight excluding hydrogens is 354 g/mol. The highest BCUT2D eigenvalue weighted by atomic mass is 32.1. The molecule has 0 unspecified atom stereocenters. The van der Waals surface area contributed by atoms with Gasteiger partial charge in [0.15, 0.2) is 0 Å². The fourth-order valence-electron chi connectivity index (χ4n) is 2.91. The van der Waals surface area contributed by atoms with Crippen LogP contribution in [0.25, 0.3) is 10.8 Å². The highest BCUT2D eigenvalue weighted by Crippen LogP contribution is 2.25. The molecule has 5 heteroatoms. The van der Waals surface area contributed by atoms with Crippen molar-refractivity contribution in [3.8, 4) is 5.75 Å². The number of aromatic nitrogens is 1. The summed E-state index contributed by atoms with van der Waals surface area (Å²) in [5.41, 5.74) is 2.87. The van der Waals surface area contributed by atoms with E-state index >= 15 is 0 Å². The number of aryl methyl sites for hydroxylation is 1. The van der Waals surface area contributed by atoms with Gasteiger partial charge in [-0.15, -0.1) is 11.3 Å². The van der Waals surface area contributed by atoms with Crippen molar-refractivity contribution < 1.29 is 5.11 Å². The second kappa shape index (κ2) is 7.60. The molecule has 0 fully saturated rings. The molecule has 0 saturated heterocycles. The van der Waals surface area contributed by atoms with Gasteiger partial charge in [-0.2, -0.15) is 5.10 Å². The van der Waals surface area contributed by atoms with Crippen LogP contribution in [-0.2, 0) is 6.54 Å². The van der Waals surface area contributed by atoms with Gasteiger partial charge in [0.05, 0.1) is 18.5 Å². The predicted octanol–water partition coefficient (Wildman–Crippen LogP) is 4.70. The van der Waals surface area contributed by atoms with E-state index in [1.54, 1.807) is 23.6 Å². The highest BCUT2D eigenvalue weighted by Gasteiger charge is 2.05. The highest BCUT2D eigenvalue weighted by molar-refractivity contribution is 7.07. The summed E-state index contributed by atoms with van der Waals surface area (Å²) in [6.45, 7) is 2.61. The molecule has 1 heterocycles. The molecule has 0 spiro atoms. The number of fused-ring (bicyclic) bond motifs is 1. The molecule has 4 nitrogen and oxygen atoms in total. The Hall–Kier alpha value is -3.18. The fraction of sp³-hybridized carbons (Fsp3) is 0.0909. The lowest BCUT2D eigenvalue weighted by atomic mass is 10.0. The molecule has 1 aromatic heterocycles. The largest absolute Gasteiger partial charge is 0.507 e. The molecule has 0 aliphatic heterocycles. The molecule has 27 heavy (non-hydrogen) atoms. The molecular formula is C22H19N3OS. The summed E-state index contributed by atoms with van der Waals surface area (Å²) < 4.78 is 1.81. The summed E-state index contributed by atoms with van der Waals surface area (Å²) in [5.74, 6) is 0.216. The summed E-state index contributed by atoms with van der Waals surface area (Å²) >= 11 is 1.56. The van der Waals surface area contributed by atoms with Crippen molar-refractivity contribution in [2.24, 2.45) is 10.1 Å². The number of rotatable bonds is 4. The van der Waals surface area contributed by atoms with Crippen molar-refractivity contribution in [3.05, 3.63) is 93.7 Å². The maximum Gasteiger partial charge on any atom is 0.206 e. The number of benzene rings is 3. The zero-order chi connectivity index (χ0) is 18.6. The first kappa shape index (κ1) is 17.2. The van der Waals surface area contributed by atoms with Gasteiger partial charge >= 0.3 is 0 Å². The van der Waals surface area contributed by atoms with Crippen molar-refractivity contribution >= 4 is 28.3 Å². The van der Waals surface area contributed by atoms with E-state index in [4.69, 9.17) is 4.99 Å². The van der Waals surface area contributed by atoms with Crippen LogP contribution < -0.4 is 4.80 Å². The van der Waals surface area contributed by atoms with Crippen molar-refractivity contribution in [1.29, 1.82) is 0 Å². The average molecular weight is 373 g/mol. The second-order valence-corrected chi connectivity index (χ2v) is 7.07. The van der Waals surface area contributed by atoms with Gasteiger partial charge in [0.1, 0.15) is 5.75 Å². The maximum absolute atomic E-state index is 10.3. The third kappa shape index (κ3) is 3.68. The minimum Gasteiger partial charge on any atom is -0.507 e. The van der Waals surface area contributed by atoms with Crippen molar-refractivity contribution in [1.82, 2.24) is 4.68 Å². The van der Waals surface area contributed by atoms with Crippen molar-refractivity contribution in [3.63, 3.8) is 0 Å². The van der Waals surface area contributed by atoms with Gasteiger partial charge in [-0.1, -0.05) is 60.7 Å². The zero-order valence-corrected chi connectivity index (χ0v) is 15.7. The Morgan fingerprint density at radius 2 is 1.78 bits per heavy atom. The molecule has 3 aromatic carbocycles. The number of aromatic hydroxyl groups is 1. The van der Waals surface area contributed by atoms with Gasteiger partial charge in [0.25, 0.3) is 0 Å². The topological polar surface area (TPSA) is 49.9 Å². The molecule has 0 aliphatic carbocycles. The van der Waals surface area contributed by atoms with E-state index in [1.807, 2.05) is 65.5 Å². The van der Waals surface area contributed by atoms with E-state index in [9.17, 15) is 5.11 Å². The first-order valence-corrected chi connectivity index (χ1v) is 9.57. The van der Waals surface area contributed by atoms with E-state index in [0.29, 0.717) is 12.1 Å². The number of nitrogens with zero attached hydrogens (tertiary/aromatic N) is 3. The normalized spacial score (nSPS) is 12.3. The molecule has 0 aliphatic rings. The number of phenolic OH excluding ortho intramolecular Hbond substituents is 1. The molecule has 0 atom stereocenters. The maximum atomic E-state index is 10.3. The molecule has 134 valence electrons. The van der Waals surface area contributed by atoms with Crippen LogP contribution in [-0.4, -0.2) is 16.0 Å². The van der Waals surface area contributed by atoms with Gasteiger partial charge in [-0.05, 0) is 29.3 Å². The molecule has 0 amide bonds. The number of hydrogen-bond acceptors (Lipinski definition) is 4. The Bertz CT molecular complexity index is 1170. The molecule has 0 saturated carbocycles. The smallest absolute Gasteiger partial charge is 0.206 e. The number of phenols is 1. The van der Waals surface area contributed by atoms with Gasteiger partial charge in [0, 0.05) is 10.9 Å². The van der Waals surface area contributed by atoms with E-state index < -0.39 is 0 Å². The Balaban J connectivity index is 1.72. The Labute approximate surface area is 161 Å². The van der Waals surface area contributed by atoms with Gasteiger partial charge in [-0.25, -0.2) is 4.68 Å². The molecule has 4 rings (SSSR count). The molecule has 0 radical (unpaired) electrons. The first-order chi connectivity index (χ1) is 13.2. The third-order valence-corrected chi connectivity index (χ3v) is 5.31. The Kier molecular flexibility index (Phi) is 4.85. The van der Waals surface area contributed by atoms with Crippen molar-refractivity contribution in [2.45, 2.75) is 13.5 Å². The van der Waals surface area contributed by atoms with Crippen LogP contribution in [0.3, 0.4) is 0 Å². The van der Waals surface area contributed by atoms with Gasteiger partial charge in [-0.3, -0.25) is 4.99 Å². The van der Waals surface area contributed by atoms with E-state index in [2.05, 4.69) is 17.2 Å². The summed E-state index contributed by atoms with van der Waals surface area (Å²) in [4.78, 5) is 5.53. The summed E-state index contributed by atoms with van der Waals surface area (Å²) in [7, 11) is 0. The number of hydrogen-bond donors (Lipinski definition) is 1. The van der Waals surface area contributed by atoms with Crippen LogP contribution in [0.1, 0.15) is 16.8 Å². The lowest BCUT2D eigenvalue weighted by Gasteiger charge is -2.05. The molecule has 4 aromatic rings.